The molecule has 0 amide bonds. The molecule has 78 valence electrons. The number of aliphatic hydroxyl groups excluding tert-OH is 2. The maximum atomic E-state index is 9.39. The molecule has 4 nitrogen and oxygen atoms in total. The fourth-order valence-corrected chi connectivity index (χ4v) is 1.45. The zero-order chi connectivity index (χ0) is 10.9. The fraction of sp³-hybridized carbons (Fsp3) is 0.400. The number of anilines is 2. The van der Waals surface area contributed by atoms with Crippen LogP contribution < -0.4 is 11.5 Å². The van der Waals surface area contributed by atoms with Gasteiger partial charge in [-0.15, -0.1) is 0 Å². The van der Waals surface area contributed by atoms with Gasteiger partial charge in [-0.25, -0.2) is 0 Å². The summed E-state index contributed by atoms with van der Waals surface area (Å²) in [5.41, 5.74) is 13.4. The van der Waals surface area contributed by atoms with Crippen LogP contribution in [0.2, 0.25) is 0 Å². The monoisotopic (exact) mass is 196 g/mol. The Kier molecular flexibility index (Phi) is 2.98. The zero-order valence-electron chi connectivity index (χ0n) is 8.36. The van der Waals surface area contributed by atoms with Crippen molar-refractivity contribution < 1.29 is 10.2 Å². The van der Waals surface area contributed by atoms with Crippen molar-refractivity contribution in [2.75, 3.05) is 11.5 Å². The summed E-state index contributed by atoms with van der Waals surface area (Å²) in [5.74, 6) is 0. The minimum Gasteiger partial charge on any atom is -0.398 e. The highest BCUT2D eigenvalue weighted by Crippen LogP contribution is 2.30. The molecule has 0 aliphatic heterocycles. The summed E-state index contributed by atoms with van der Waals surface area (Å²) in [6.07, 6.45) is -1.30. The van der Waals surface area contributed by atoms with Crippen LogP contribution in [0.5, 0.6) is 0 Å². The summed E-state index contributed by atoms with van der Waals surface area (Å²) < 4.78 is 0. The molecule has 1 aromatic carbocycles. The topological polar surface area (TPSA) is 92.5 Å². The Morgan fingerprint density at radius 1 is 1.00 bits per heavy atom. The Morgan fingerprint density at radius 3 is 1.71 bits per heavy atom. The summed E-state index contributed by atoms with van der Waals surface area (Å²) in [4.78, 5) is 0. The second kappa shape index (κ2) is 3.86. The minimum absolute atomic E-state index is 0.413. The van der Waals surface area contributed by atoms with Gasteiger partial charge in [-0.2, -0.15) is 0 Å². The second-order valence-corrected chi connectivity index (χ2v) is 3.46. The van der Waals surface area contributed by atoms with Crippen LogP contribution in [-0.4, -0.2) is 10.2 Å². The number of nitrogen functional groups attached to an aromatic ring is 2. The van der Waals surface area contributed by atoms with Crippen molar-refractivity contribution in [2.24, 2.45) is 0 Å². The number of nitrogens with two attached hydrogens (primary N) is 2. The van der Waals surface area contributed by atoms with Crippen molar-refractivity contribution in [1.82, 2.24) is 0 Å². The Morgan fingerprint density at radius 2 is 1.43 bits per heavy atom. The quantitative estimate of drug-likeness (QED) is 0.530. The van der Waals surface area contributed by atoms with Gasteiger partial charge in [0.15, 0.2) is 0 Å². The highest BCUT2D eigenvalue weighted by atomic mass is 16.3. The maximum absolute atomic E-state index is 9.39. The largest absolute Gasteiger partial charge is 0.398 e. The van der Waals surface area contributed by atoms with Crippen LogP contribution in [0.1, 0.15) is 37.2 Å². The molecule has 0 aromatic heterocycles. The summed E-state index contributed by atoms with van der Waals surface area (Å²) in [7, 11) is 0. The minimum atomic E-state index is -0.696. The first-order chi connectivity index (χ1) is 6.43. The molecular formula is C10H16N2O2. The van der Waals surface area contributed by atoms with Crippen molar-refractivity contribution in [2.45, 2.75) is 26.1 Å². The molecule has 0 aliphatic carbocycles. The highest BCUT2D eigenvalue weighted by Gasteiger charge is 2.12. The lowest BCUT2D eigenvalue weighted by Crippen LogP contribution is -2.06. The van der Waals surface area contributed by atoms with Crippen LogP contribution >= 0.6 is 0 Å². The van der Waals surface area contributed by atoms with E-state index in [2.05, 4.69) is 0 Å². The van der Waals surface area contributed by atoms with E-state index >= 15 is 0 Å². The lowest BCUT2D eigenvalue weighted by molar-refractivity contribution is 0.196. The van der Waals surface area contributed by atoms with Gasteiger partial charge in [-0.05, 0) is 31.5 Å². The summed E-state index contributed by atoms with van der Waals surface area (Å²) in [6.45, 7) is 3.24. The number of aliphatic hydroxyl groups is 2. The number of hydrogen-bond donors (Lipinski definition) is 4. The standard InChI is InChI=1S/C10H16N2O2/c1-5(13)7-3-8(11)10(6(2)14)9(12)4-7/h3-6,13-14H,11-12H2,1-2H3. The number of rotatable bonds is 2. The van der Waals surface area contributed by atoms with Crippen LogP contribution in [0, 0.1) is 0 Å². The molecule has 1 rings (SSSR count). The first-order valence-corrected chi connectivity index (χ1v) is 4.48. The Labute approximate surface area is 83.2 Å². The molecule has 6 N–H and O–H groups in total. The summed E-state index contributed by atoms with van der Waals surface area (Å²) in [6, 6.07) is 3.26. The molecule has 2 atom stereocenters. The summed E-state index contributed by atoms with van der Waals surface area (Å²) >= 11 is 0. The molecule has 0 saturated carbocycles. The molecule has 0 heterocycles. The van der Waals surface area contributed by atoms with Gasteiger partial charge in [-0.1, -0.05) is 0 Å². The van der Waals surface area contributed by atoms with Crippen LogP contribution in [0.15, 0.2) is 12.1 Å². The molecule has 0 aliphatic rings. The van der Waals surface area contributed by atoms with Crippen LogP contribution in [0.4, 0.5) is 11.4 Å². The zero-order valence-corrected chi connectivity index (χ0v) is 8.36. The molecule has 4 heteroatoms. The molecule has 14 heavy (non-hydrogen) atoms. The van der Waals surface area contributed by atoms with Crippen molar-refractivity contribution in [3.8, 4) is 0 Å². The van der Waals surface area contributed by atoms with Crippen LogP contribution in [0.3, 0.4) is 0 Å². The van der Waals surface area contributed by atoms with Gasteiger partial charge in [0, 0.05) is 16.9 Å². The molecule has 1 aromatic rings. The van der Waals surface area contributed by atoms with E-state index in [9.17, 15) is 10.2 Å². The smallest absolute Gasteiger partial charge is 0.0802 e. The van der Waals surface area contributed by atoms with Gasteiger partial charge in [0.2, 0.25) is 0 Å². The first-order valence-electron chi connectivity index (χ1n) is 4.48. The maximum Gasteiger partial charge on any atom is 0.0802 e. The Balaban J connectivity index is 3.25. The fourth-order valence-electron chi connectivity index (χ4n) is 1.45. The number of hydrogen-bond acceptors (Lipinski definition) is 4. The third kappa shape index (κ3) is 1.97. The van der Waals surface area contributed by atoms with Gasteiger partial charge < -0.3 is 21.7 Å². The molecule has 0 spiro atoms. The third-order valence-electron chi connectivity index (χ3n) is 2.17. The van der Waals surface area contributed by atoms with Gasteiger partial charge >= 0.3 is 0 Å². The second-order valence-electron chi connectivity index (χ2n) is 3.46. The predicted octanol–water partition coefficient (Wildman–Crippen LogP) is 0.958. The molecule has 0 bridgehead atoms. The van der Waals surface area contributed by atoms with E-state index in [-0.39, 0.29) is 0 Å². The predicted molar refractivity (Wildman–Crippen MR) is 56.5 cm³/mol. The van der Waals surface area contributed by atoms with Gasteiger partial charge in [-0.3, -0.25) is 0 Å². The van der Waals surface area contributed by atoms with E-state index in [0.717, 1.165) is 0 Å². The molecule has 0 saturated heterocycles. The highest BCUT2D eigenvalue weighted by molar-refractivity contribution is 5.64. The number of benzene rings is 1. The molecular weight excluding hydrogens is 180 g/mol. The lowest BCUT2D eigenvalue weighted by atomic mass is 10.0. The van der Waals surface area contributed by atoms with E-state index in [1.807, 2.05) is 0 Å². The van der Waals surface area contributed by atoms with Gasteiger partial charge in [0.25, 0.3) is 0 Å². The van der Waals surface area contributed by atoms with E-state index in [1.165, 1.54) is 0 Å². The molecule has 2 unspecified atom stereocenters. The van der Waals surface area contributed by atoms with Crippen LogP contribution in [0.25, 0.3) is 0 Å². The Hall–Kier alpha value is -1.26. The normalized spacial score (nSPS) is 15.1. The first kappa shape index (κ1) is 10.8. The molecule has 0 fully saturated rings. The van der Waals surface area contributed by atoms with E-state index in [0.29, 0.717) is 22.5 Å². The average molecular weight is 196 g/mol. The Bertz CT molecular complexity index is 312. The van der Waals surface area contributed by atoms with E-state index in [1.54, 1.807) is 26.0 Å². The van der Waals surface area contributed by atoms with E-state index in [4.69, 9.17) is 11.5 Å². The van der Waals surface area contributed by atoms with E-state index < -0.39 is 12.2 Å². The van der Waals surface area contributed by atoms with Gasteiger partial charge in [0.1, 0.15) is 0 Å². The average Bonchev–Trinajstić information content (AvgIpc) is 2.01. The van der Waals surface area contributed by atoms with Crippen molar-refractivity contribution in [1.29, 1.82) is 0 Å². The SMILES string of the molecule is CC(O)c1cc(N)c(C(C)O)c(N)c1. The van der Waals surface area contributed by atoms with Crippen molar-refractivity contribution in [3.05, 3.63) is 23.3 Å². The third-order valence-corrected chi connectivity index (χ3v) is 2.17. The van der Waals surface area contributed by atoms with Gasteiger partial charge in [0.05, 0.1) is 12.2 Å². The lowest BCUT2D eigenvalue weighted by Gasteiger charge is -2.15. The van der Waals surface area contributed by atoms with Crippen LogP contribution in [-0.2, 0) is 0 Å². The van der Waals surface area contributed by atoms with Crippen molar-refractivity contribution >= 4 is 11.4 Å². The van der Waals surface area contributed by atoms with Crippen molar-refractivity contribution in [3.63, 3.8) is 0 Å². The summed E-state index contributed by atoms with van der Waals surface area (Å²) in [5, 5.41) is 18.7. The molecule has 0 radical (unpaired) electrons.